The summed E-state index contributed by atoms with van der Waals surface area (Å²) in [5.41, 5.74) is 3.15. The number of nitrogens with one attached hydrogen (secondary N) is 1. The molecule has 1 fully saturated rings. The van der Waals surface area contributed by atoms with Gasteiger partial charge in [-0.15, -0.1) is 0 Å². The number of rotatable bonds is 4. The van der Waals surface area contributed by atoms with Gasteiger partial charge in [-0.2, -0.15) is 0 Å². The zero-order chi connectivity index (χ0) is 21.8. The van der Waals surface area contributed by atoms with E-state index in [0.29, 0.717) is 26.4 Å². The molecule has 1 saturated heterocycles. The van der Waals surface area contributed by atoms with Crippen LogP contribution in [0.3, 0.4) is 0 Å². The number of benzene rings is 3. The van der Waals surface area contributed by atoms with E-state index in [9.17, 15) is 9.59 Å². The number of halogens is 1. The van der Waals surface area contributed by atoms with E-state index in [1.165, 1.54) is 11.8 Å². The third-order valence-corrected chi connectivity index (χ3v) is 5.55. The lowest BCUT2D eigenvalue weighted by molar-refractivity contribution is -0.115. The highest BCUT2D eigenvalue weighted by molar-refractivity contribution is 8.18. The van der Waals surface area contributed by atoms with Gasteiger partial charge < -0.3 is 10.1 Å². The molecule has 154 valence electrons. The predicted molar refractivity (Wildman–Crippen MR) is 125 cm³/mol. The van der Waals surface area contributed by atoms with Gasteiger partial charge in [0.1, 0.15) is 5.75 Å². The topological polar surface area (TPSA) is 67.8 Å². The molecule has 0 aliphatic carbocycles. The van der Waals surface area contributed by atoms with Gasteiger partial charge in [0, 0.05) is 5.02 Å². The monoisotopic (exact) mass is 448 g/mol. The fourth-order valence-electron chi connectivity index (χ4n) is 2.75. The number of carbonyl (C=O) groups is 2. The van der Waals surface area contributed by atoms with E-state index in [2.05, 4.69) is 10.3 Å². The van der Waals surface area contributed by atoms with Crippen LogP contribution in [0.1, 0.15) is 21.5 Å². The van der Waals surface area contributed by atoms with Gasteiger partial charge in [0.2, 0.25) is 0 Å². The number of amides is 1. The van der Waals surface area contributed by atoms with Gasteiger partial charge in [0.25, 0.3) is 5.91 Å². The van der Waals surface area contributed by atoms with Crippen LogP contribution in [0.25, 0.3) is 6.08 Å². The van der Waals surface area contributed by atoms with Gasteiger partial charge in [-0.05, 0) is 78.9 Å². The van der Waals surface area contributed by atoms with Crippen molar-refractivity contribution in [2.45, 2.75) is 6.92 Å². The average Bonchev–Trinajstić information content (AvgIpc) is 3.10. The minimum atomic E-state index is -0.467. The van der Waals surface area contributed by atoms with Crippen molar-refractivity contribution in [1.29, 1.82) is 0 Å². The standard InChI is InChI=1S/C24H17ClN2O3S/c1-15-2-10-19(11-3-15)26-24-27-22(28)21(31-24)14-16-4-12-20(13-5-16)30-23(29)17-6-8-18(25)9-7-17/h2-14H,1H3,(H,26,27,28)/b21-14-. The van der Waals surface area contributed by atoms with E-state index in [4.69, 9.17) is 16.3 Å². The SMILES string of the molecule is Cc1ccc(N=C2NC(=O)/C(=C/c3ccc(OC(=O)c4ccc(Cl)cc4)cc3)S2)cc1. The maximum atomic E-state index is 12.3. The first-order valence-corrected chi connectivity index (χ1v) is 10.6. The normalized spacial score (nSPS) is 15.9. The van der Waals surface area contributed by atoms with Crippen molar-refractivity contribution in [3.05, 3.63) is 99.4 Å². The molecule has 0 unspecified atom stereocenters. The van der Waals surface area contributed by atoms with Crippen molar-refractivity contribution in [2.75, 3.05) is 0 Å². The van der Waals surface area contributed by atoms with Gasteiger partial charge in [-0.1, -0.05) is 41.4 Å². The van der Waals surface area contributed by atoms with E-state index >= 15 is 0 Å². The second kappa shape index (κ2) is 9.20. The second-order valence-corrected chi connectivity index (χ2v) is 8.25. The molecule has 5 nitrogen and oxygen atoms in total. The summed E-state index contributed by atoms with van der Waals surface area (Å²) < 4.78 is 5.37. The summed E-state index contributed by atoms with van der Waals surface area (Å²) in [5.74, 6) is -0.258. The van der Waals surface area contributed by atoms with Gasteiger partial charge in [-0.25, -0.2) is 9.79 Å². The summed E-state index contributed by atoms with van der Waals surface area (Å²) in [6.45, 7) is 2.01. The molecule has 4 rings (SSSR count). The molecule has 1 N–H and O–H groups in total. The van der Waals surface area contributed by atoms with Crippen molar-refractivity contribution in [3.8, 4) is 5.75 Å². The van der Waals surface area contributed by atoms with Crippen LogP contribution in [-0.4, -0.2) is 17.0 Å². The van der Waals surface area contributed by atoms with Crippen molar-refractivity contribution in [1.82, 2.24) is 5.32 Å². The van der Waals surface area contributed by atoms with Crippen LogP contribution in [0.2, 0.25) is 5.02 Å². The molecule has 31 heavy (non-hydrogen) atoms. The van der Waals surface area contributed by atoms with Crippen molar-refractivity contribution < 1.29 is 14.3 Å². The Morgan fingerprint density at radius 3 is 2.35 bits per heavy atom. The lowest BCUT2D eigenvalue weighted by Crippen LogP contribution is -2.19. The third kappa shape index (κ3) is 5.42. The van der Waals surface area contributed by atoms with Crippen LogP contribution >= 0.6 is 23.4 Å². The van der Waals surface area contributed by atoms with Gasteiger partial charge in [0.15, 0.2) is 5.17 Å². The van der Waals surface area contributed by atoms with E-state index in [1.807, 2.05) is 31.2 Å². The molecule has 1 aliphatic rings. The molecule has 0 aromatic heterocycles. The molecule has 7 heteroatoms. The van der Waals surface area contributed by atoms with Crippen molar-refractivity contribution >= 4 is 52.2 Å². The first-order chi connectivity index (χ1) is 15.0. The average molecular weight is 449 g/mol. The van der Waals surface area contributed by atoms with Crippen LogP contribution < -0.4 is 10.1 Å². The summed E-state index contributed by atoms with van der Waals surface area (Å²) in [6.07, 6.45) is 1.77. The van der Waals surface area contributed by atoms with Gasteiger partial charge >= 0.3 is 5.97 Å². The molecule has 0 saturated carbocycles. The van der Waals surface area contributed by atoms with E-state index < -0.39 is 5.97 Å². The molecule has 0 spiro atoms. The number of aryl methyl sites for hydroxylation is 1. The highest BCUT2D eigenvalue weighted by Gasteiger charge is 2.23. The quantitative estimate of drug-likeness (QED) is 0.313. The highest BCUT2D eigenvalue weighted by atomic mass is 35.5. The number of aliphatic imine (C=N–C) groups is 1. The number of hydrogen-bond donors (Lipinski definition) is 1. The Hall–Kier alpha value is -3.35. The molecule has 0 radical (unpaired) electrons. The molecule has 3 aromatic rings. The van der Waals surface area contributed by atoms with Crippen LogP contribution in [0, 0.1) is 6.92 Å². The number of esters is 1. The Morgan fingerprint density at radius 2 is 1.68 bits per heavy atom. The first-order valence-electron chi connectivity index (χ1n) is 9.40. The van der Waals surface area contributed by atoms with Gasteiger partial charge in [-0.3, -0.25) is 4.79 Å². The van der Waals surface area contributed by atoms with E-state index in [1.54, 1.807) is 54.6 Å². The maximum Gasteiger partial charge on any atom is 0.343 e. The molecule has 1 amide bonds. The van der Waals surface area contributed by atoms with E-state index in [0.717, 1.165) is 16.8 Å². The fraction of sp³-hybridized carbons (Fsp3) is 0.0417. The molecular weight excluding hydrogens is 432 g/mol. The summed E-state index contributed by atoms with van der Waals surface area (Å²) in [4.78, 5) is 29.5. The lowest BCUT2D eigenvalue weighted by atomic mass is 10.2. The molecule has 0 bridgehead atoms. The van der Waals surface area contributed by atoms with Crippen LogP contribution in [0.5, 0.6) is 5.75 Å². The summed E-state index contributed by atoms with van der Waals surface area (Å²) in [7, 11) is 0. The Morgan fingerprint density at radius 1 is 1.00 bits per heavy atom. The summed E-state index contributed by atoms with van der Waals surface area (Å²) in [5, 5.41) is 3.86. The Balaban J connectivity index is 1.43. The van der Waals surface area contributed by atoms with Crippen molar-refractivity contribution in [2.24, 2.45) is 4.99 Å². The van der Waals surface area contributed by atoms with Crippen LogP contribution in [-0.2, 0) is 4.79 Å². The van der Waals surface area contributed by atoms with Crippen LogP contribution in [0.15, 0.2) is 82.7 Å². The van der Waals surface area contributed by atoms with Crippen LogP contribution in [0.4, 0.5) is 5.69 Å². The number of hydrogen-bond acceptors (Lipinski definition) is 5. The Kier molecular flexibility index (Phi) is 6.21. The largest absolute Gasteiger partial charge is 0.423 e. The molecule has 1 heterocycles. The minimum absolute atomic E-state index is 0.200. The van der Waals surface area contributed by atoms with E-state index in [-0.39, 0.29) is 5.91 Å². The Labute approximate surface area is 188 Å². The maximum absolute atomic E-state index is 12.3. The molecular formula is C24H17ClN2O3S. The molecule has 1 aliphatic heterocycles. The Bertz CT molecular complexity index is 1190. The summed E-state index contributed by atoms with van der Waals surface area (Å²) in [6, 6.07) is 21.1. The number of thioether (sulfide) groups is 1. The highest BCUT2D eigenvalue weighted by Crippen LogP contribution is 2.28. The molecule has 3 aromatic carbocycles. The first kappa shape index (κ1) is 20.9. The fourth-order valence-corrected chi connectivity index (χ4v) is 3.72. The molecule has 0 atom stereocenters. The predicted octanol–water partition coefficient (Wildman–Crippen LogP) is 5.76. The number of ether oxygens (including phenoxy) is 1. The van der Waals surface area contributed by atoms with Gasteiger partial charge in [0.05, 0.1) is 16.2 Å². The number of carbonyl (C=O) groups excluding carboxylic acids is 2. The smallest absolute Gasteiger partial charge is 0.343 e. The lowest BCUT2D eigenvalue weighted by Gasteiger charge is -2.05. The number of amidine groups is 1. The summed E-state index contributed by atoms with van der Waals surface area (Å²) >= 11 is 7.11. The van der Waals surface area contributed by atoms with Crippen molar-refractivity contribution in [3.63, 3.8) is 0 Å². The second-order valence-electron chi connectivity index (χ2n) is 6.78. The zero-order valence-electron chi connectivity index (χ0n) is 16.5. The number of nitrogens with zero attached hydrogens (tertiary/aromatic N) is 1. The zero-order valence-corrected chi connectivity index (χ0v) is 18.0. The minimum Gasteiger partial charge on any atom is -0.423 e. The third-order valence-electron chi connectivity index (χ3n) is 4.38.